The van der Waals surface area contributed by atoms with Gasteiger partial charge in [0.15, 0.2) is 0 Å². The van der Waals surface area contributed by atoms with Crippen LogP contribution in [0.3, 0.4) is 0 Å². The van der Waals surface area contributed by atoms with Gasteiger partial charge >= 0.3 is 6.18 Å². The summed E-state index contributed by atoms with van der Waals surface area (Å²) in [7, 11) is 0. The molecule has 19 heavy (non-hydrogen) atoms. The van der Waals surface area contributed by atoms with Gasteiger partial charge in [0, 0.05) is 25.4 Å². The third kappa shape index (κ3) is 4.20. The number of carbonyl (C=O) groups is 1. The first kappa shape index (κ1) is 14.8. The first-order chi connectivity index (χ1) is 8.97. The zero-order chi connectivity index (χ0) is 13.9. The van der Waals surface area contributed by atoms with Gasteiger partial charge in [-0.2, -0.15) is 13.2 Å². The minimum Gasteiger partial charge on any atom is -0.302 e. The highest BCUT2D eigenvalue weighted by Gasteiger charge is 2.42. The Morgan fingerprint density at radius 1 is 1.11 bits per heavy atom. The van der Waals surface area contributed by atoms with Crippen molar-refractivity contribution in [2.24, 2.45) is 11.8 Å². The maximum Gasteiger partial charge on any atom is 0.393 e. The van der Waals surface area contributed by atoms with E-state index in [-0.39, 0.29) is 24.7 Å². The minimum atomic E-state index is -4.09. The average Bonchev–Trinajstić information content (AvgIpc) is 2.54. The Hall–Kier alpha value is -0.580. The van der Waals surface area contributed by atoms with Crippen LogP contribution in [0.1, 0.15) is 44.9 Å². The Kier molecular flexibility index (Phi) is 4.87. The Morgan fingerprint density at radius 3 is 2.63 bits per heavy atom. The molecule has 2 fully saturated rings. The van der Waals surface area contributed by atoms with Gasteiger partial charge in [-0.25, -0.2) is 0 Å². The van der Waals surface area contributed by atoms with Crippen molar-refractivity contribution in [1.82, 2.24) is 4.90 Å². The van der Waals surface area contributed by atoms with Crippen LogP contribution in [0.4, 0.5) is 13.2 Å². The number of hydrogen-bond donors (Lipinski definition) is 0. The first-order valence-corrected chi connectivity index (χ1v) is 7.28. The fourth-order valence-electron chi connectivity index (χ4n) is 3.23. The minimum absolute atomic E-state index is 0.0329. The molecule has 110 valence electrons. The van der Waals surface area contributed by atoms with Crippen LogP contribution in [-0.2, 0) is 4.79 Å². The van der Waals surface area contributed by atoms with E-state index >= 15 is 0 Å². The molecule has 1 saturated carbocycles. The lowest BCUT2D eigenvalue weighted by Crippen LogP contribution is -2.44. The van der Waals surface area contributed by atoms with Gasteiger partial charge in [0.05, 0.1) is 5.92 Å². The van der Waals surface area contributed by atoms with Crippen LogP contribution in [0.25, 0.3) is 0 Å². The second-order valence-corrected chi connectivity index (χ2v) is 5.90. The number of rotatable bonds is 2. The summed E-state index contributed by atoms with van der Waals surface area (Å²) in [4.78, 5) is 13.8. The van der Waals surface area contributed by atoms with Crippen LogP contribution in [0.15, 0.2) is 0 Å². The van der Waals surface area contributed by atoms with Gasteiger partial charge in [-0.3, -0.25) is 4.79 Å². The maximum atomic E-state index is 12.7. The molecule has 0 amide bonds. The molecule has 1 aliphatic heterocycles. The number of ketones is 1. The van der Waals surface area contributed by atoms with Crippen molar-refractivity contribution in [1.29, 1.82) is 0 Å². The highest BCUT2D eigenvalue weighted by Crippen LogP contribution is 2.33. The summed E-state index contributed by atoms with van der Waals surface area (Å²) in [5.74, 6) is -0.983. The van der Waals surface area contributed by atoms with Crippen LogP contribution in [-0.4, -0.2) is 36.5 Å². The molecule has 0 N–H and O–H groups in total. The summed E-state index contributed by atoms with van der Waals surface area (Å²) in [6.07, 6.45) is 1.25. The quantitative estimate of drug-likeness (QED) is 0.721. The van der Waals surface area contributed by atoms with Gasteiger partial charge < -0.3 is 4.90 Å². The normalized spacial score (nSPS) is 31.2. The van der Waals surface area contributed by atoms with Crippen LogP contribution in [0.5, 0.6) is 0 Å². The highest BCUT2D eigenvalue weighted by molar-refractivity contribution is 5.81. The molecule has 0 spiro atoms. The standard InChI is InChI=1S/C14H22F3NO/c15-14(16,17)12-6-4-8-18(10-12)9-11-5-2-1-3-7-13(11)19/h11-12H,1-10H2. The van der Waals surface area contributed by atoms with Crippen LogP contribution in [0.2, 0.25) is 0 Å². The predicted octanol–water partition coefficient (Wildman–Crippen LogP) is 3.41. The molecule has 1 saturated heterocycles. The average molecular weight is 277 g/mol. The molecule has 5 heteroatoms. The zero-order valence-electron chi connectivity index (χ0n) is 11.2. The van der Waals surface area contributed by atoms with Crippen molar-refractivity contribution in [2.45, 2.75) is 51.1 Å². The van der Waals surface area contributed by atoms with E-state index < -0.39 is 12.1 Å². The van der Waals surface area contributed by atoms with Crippen LogP contribution < -0.4 is 0 Å². The van der Waals surface area contributed by atoms with E-state index in [4.69, 9.17) is 0 Å². The van der Waals surface area contributed by atoms with Crippen molar-refractivity contribution in [2.75, 3.05) is 19.6 Å². The maximum absolute atomic E-state index is 12.7. The second kappa shape index (κ2) is 6.25. The van der Waals surface area contributed by atoms with E-state index in [0.717, 1.165) is 25.7 Å². The zero-order valence-corrected chi connectivity index (χ0v) is 11.2. The number of piperidine rings is 1. The summed E-state index contributed by atoms with van der Waals surface area (Å²) in [6, 6.07) is 0. The number of nitrogens with zero attached hydrogens (tertiary/aromatic N) is 1. The fraction of sp³-hybridized carbons (Fsp3) is 0.929. The number of hydrogen-bond acceptors (Lipinski definition) is 2. The predicted molar refractivity (Wildman–Crippen MR) is 66.8 cm³/mol. The fourth-order valence-corrected chi connectivity index (χ4v) is 3.23. The van der Waals surface area contributed by atoms with E-state index in [2.05, 4.69) is 0 Å². The van der Waals surface area contributed by atoms with Crippen LogP contribution in [0, 0.1) is 11.8 Å². The summed E-state index contributed by atoms with van der Waals surface area (Å²) >= 11 is 0. The molecule has 2 unspecified atom stereocenters. The molecule has 0 radical (unpaired) electrons. The largest absolute Gasteiger partial charge is 0.393 e. The number of halogens is 3. The second-order valence-electron chi connectivity index (χ2n) is 5.90. The molecule has 0 bridgehead atoms. The Balaban J connectivity index is 1.89. The van der Waals surface area contributed by atoms with Gasteiger partial charge in [-0.15, -0.1) is 0 Å². The molecule has 0 aromatic rings. The molecular weight excluding hydrogens is 255 g/mol. The lowest BCUT2D eigenvalue weighted by atomic mass is 9.93. The number of likely N-dealkylation sites (tertiary alicyclic amines) is 1. The Bertz CT molecular complexity index is 316. The summed E-state index contributed by atoms with van der Waals surface area (Å²) in [6.45, 7) is 1.31. The lowest BCUT2D eigenvalue weighted by molar-refractivity contribution is -0.187. The van der Waals surface area contributed by atoms with Crippen molar-refractivity contribution in [3.63, 3.8) is 0 Å². The molecule has 2 aliphatic rings. The SMILES string of the molecule is O=C1CCCCCC1CN1CCCC(C(F)(F)F)C1. The first-order valence-electron chi connectivity index (χ1n) is 7.28. The molecule has 2 rings (SSSR count). The van der Waals surface area contributed by atoms with Gasteiger partial charge in [-0.05, 0) is 32.2 Å². The number of carbonyl (C=O) groups excluding carboxylic acids is 1. The van der Waals surface area contributed by atoms with E-state index in [1.54, 1.807) is 0 Å². The smallest absolute Gasteiger partial charge is 0.302 e. The summed E-state index contributed by atoms with van der Waals surface area (Å²) in [5, 5.41) is 0. The van der Waals surface area contributed by atoms with Gasteiger partial charge in [0.1, 0.15) is 5.78 Å². The summed E-state index contributed by atoms with van der Waals surface area (Å²) in [5.41, 5.74) is 0. The molecule has 1 heterocycles. The van der Waals surface area contributed by atoms with E-state index in [9.17, 15) is 18.0 Å². The van der Waals surface area contributed by atoms with Gasteiger partial charge in [-0.1, -0.05) is 12.8 Å². The van der Waals surface area contributed by atoms with Crippen molar-refractivity contribution in [3.8, 4) is 0 Å². The summed E-state index contributed by atoms with van der Waals surface area (Å²) < 4.78 is 38.2. The molecule has 0 aromatic heterocycles. The number of alkyl halides is 3. The van der Waals surface area contributed by atoms with Crippen LogP contribution >= 0.6 is 0 Å². The molecule has 2 atom stereocenters. The van der Waals surface area contributed by atoms with Crippen molar-refractivity contribution in [3.05, 3.63) is 0 Å². The Labute approximate surface area is 112 Å². The molecule has 2 nitrogen and oxygen atoms in total. The van der Waals surface area contributed by atoms with Gasteiger partial charge in [0.25, 0.3) is 0 Å². The third-order valence-electron chi connectivity index (χ3n) is 4.38. The molecular formula is C14H22F3NO. The molecule has 1 aliphatic carbocycles. The highest BCUT2D eigenvalue weighted by atomic mass is 19.4. The topological polar surface area (TPSA) is 20.3 Å². The van der Waals surface area contributed by atoms with Crippen molar-refractivity contribution < 1.29 is 18.0 Å². The lowest BCUT2D eigenvalue weighted by Gasteiger charge is -2.35. The third-order valence-corrected chi connectivity index (χ3v) is 4.38. The molecule has 0 aromatic carbocycles. The van der Waals surface area contributed by atoms with E-state index in [0.29, 0.717) is 25.9 Å². The van der Waals surface area contributed by atoms with E-state index in [1.807, 2.05) is 4.90 Å². The van der Waals surface area contributed by atoms with E-state index in [1.165, 1.54) is 0 Å². The monoisotopic (exact) mass is 277 g/mol. The van der Waals surface area contributed by atoms with Gasteiger partial charge in [0.2, 0.25) is 0 Å². The number of Topliss-reactive ketones (excluding diaryl/α,β-unsaturated/α-hetero) is 1. The Morgan fingerprint density at radius 2 is 1.89 bits per heavy atom. The van der Waals surface area contributed by atoms with Crippen molar-refractivity contribution >= 4 is 5.78 Å².